The first-order valence-electron chi connectivity index (χ1n) is 4.28. The first-order valence-corrected chi connectivity index (χ1v) is 4.28. The van der Waals surface area contributed by atoms with E-state index in [0.29, 0.717) is 12.3 Å². The van der Waals surface area contributed by atoms with Crippen LogP contribution in [0.5, 0.6) is 0 Å². The van der Waals surface area contributed by atoms with E-state index in [1.807, 2.05) is 12.2 Å². The summed E-state index contributed by atoms with van der Waals surface area (Å²) in [5.74, 6) is 0.775. The molecule has 2 rings (SSSR count). The van der Waals surface area contributed by atoms with E-state index < -0.39 is 0 Å². The van der Waals surface area contributed by atoms with Crippen LogP contribution in [0, 0.1) is 5.41 Å². The van der Waals surface area contributed by atoms with Crippen molar-refractivity contribution >= 4 is 5.71 Å². The molecule has 0 aromatic rings. The van der Waals surface area contributed by atoms with Crippen molar-refractivity contribution in [2.24, 2.45) is 0 Å². The Morgan fingerprint density at radius 2 is 2.23 bits per heavy atom. The molecule has 0 spiro atoms. The van der Waals surface area contributed by atoms with Gasteiger partial charge in [0.05, 0.1) is 5.71 Å². The van der Waals surface area contributed by atoms with Gasteiger partial charge in [0, 0.05) is 5.57 Å². The molecule has 3 heteroatoms. The van der Waals surface area contributed by atoms with Crippen LogP contribution in [0.3, 0.4) is 0 Å². The predicted octanol–water partition coefficient (Wildman–Crippen LogP) is 2.13. The first kappa shape index (κ1) is 8.10. The zero-order valence-corrected chi connectivity index (χ0v) is 7.25. The lowest BCUT2D eigenvalue weighted by molar-refractivity contribution is 0.164. The molecule has 0 radical (unpaired) electrons. The minimum absolute atomic E-state index is 0.446. The molecule has 0 aromatic carbocycles. The highest BCUT2D eigenvalue weighted by Gasteiger charge is 2.15. The summed E-state index contributed by atoms with van der Waals surface area (Å²) in [5, 5.41) is 7.68. The van der Waals surface area contributed by atoms with E-state index in [-0.39, 0.29) is 0 Å². The maximum absolute atomic E-state index is 7.68. The normalized spacial score (nSPS) is 26.9. The van der Waals surface area contributed by atoms with Gasteiger partial charge in [-0.1, -0.05) is 6.08 Å². The molecule has 13 heavy (non-hydrogen) atoms. The van der Waals surface area contributed by atoms with Crippen LogP contribution in [0.2, 0.25) is 0 Å². The molecule has 0 saturated heterocycles. The monoisotopic (exact) mass is 177 g/mol. The van der Waals surface area contributed by atoms with Crippen molar-refractivity contribution < 1.29 is 9.47 Å². The van der Waals surface area contributed by atoms with E-state index in [1.165, 1.54) is 12.5 Å². The quantitative estimate of drug-likeness (QED) is 0.615. The highest BCUT2D eigenvalue weighted by molar-refractivity contribution is 6.07. The number of ether oxygens (including phenoxy) is 2. The fourth-order valence-electron chi connectivity index (χ4n) is 1.42. The number of nitrogens with one attached hydrogen (secondary N) is 1. The zero-order chi connectivity index (χ0) is 9.10. The second-order valence-electron chi connectivity index (χ2n) is 2.96. The number of rotatable bonds is 0. The van der Waals surface area contributed by atoms with Gasteiger partial charge in [-0.3, -0.25) is 0 Å². The molecule has 0 aromatic heterocycles. The van der Waals surface area contributed by atoms with Gasteiger partial charge in [0.15, 0.2) is 0 Å². The molecule has 1 N–H and O–H groups in total. The highest BCUT2D eigenvalue weighted by Crippen LogP contribution is 2.21. The average molecular weight is 177 g/mol. The molecule has 0 saturated carbocycles. The van der Waals surface area contributed by atoms with Crippen LogP contribution in [0.15, 0.2) is 36.0 Å². The standard InChI is InChI=1S/C10H11NO2/c11-9-4-2-1-3-8(9)10-7-12-5-6-13-10/h2,4-6,11H,1,3,7H2. The molecule has 0 unspecified atom stereocenters. The maximum Gasteiger partial charge on any atom is 0.146 e. The third-order valence-corrected chi connectivity index (χ3v) is 2.08. The van der Waals surface area contributed by atoms with Crippen LogP contribution in [-0.4, -0.2) is 12.3 Å². The molecule has 1 aliphatic heterocycles. The van der Waals surface area contributed by atoms with Gasteiger partial charge in [-0.05, 0) is 18.9 Å². The van der Waals surface area contributed by atoms with E-state index in [1.54, 1.807) is 0 Å². The topological polar surface area (TPSA) is 42.3 Å². The van der Waals surface area contributed by atoms with Crippen LogP contribution in [0.25, 0.3) is 0 Å². The fourth-order valence-corrected chi connectivity index (χ4v) is 1.42. The van der Waals surface area contributed by atoms with Crippen LogP contribution in [0.1, 0.15) is 12.8 Å². The fraction of sp³-hybridized carbons (Fsp3) is 0.300. The Hall–Kier alpha value is -1.51. The van der Waals surface area contributed by atoms with E-state index in [2.05, 4.69) is 0 Å². The van der Waals surface area contributed by atoms with E-state index >= 15 is 0 Å². The summed E-state index contributed by atoms with van der Waals surface area (Å²) in [4.78, 5) is 0. The Morgan fingerprint density at radius 3 is 2.92 bits per heavy atom. The van der Waals surface area contributed by atoms with Crippen LogP contribution < -0.4 is 0 Å². The Kier molecular flexibility index (Phi) is 2.17. The van der Waals surface area contributed by atoms with Gasteiger partial charge in [0.25, 0.3) is 0 Å². The molecular formula is C10H11NO2. The van der Waals surface area contributed by atoms with Gasteiger partial charge in [-0.25, -0.2) is 0 Å². The van der Waals surface area contributed by atoms with E-state index in [0.717, 1.165) is 24.2 Å². The zero-order valence-electron chi connectivity index (χ0n) is 7.25. The van der Waals surface area contributed by atoms with Gasteiger partial charge in [0.2, 0.25) is 0 Å². The number of hydrogen-bond donors (Lipinski definition) is 1. The summed E-state index contributed by atoms with van der Waals surface area (Å²) < 4.78 is 10.4. The van der Waals surface area contributed by atoms with Crippen LogP contribution in [0.4, 0.5) is 0 Å². The molecule has 0 atom stereocenters. The molecule has 2 aliphatic rings. The maximum atomic E-state index is 7.68. The smallest absolute Gasteiger partial charge is 0.146 e. The Morgan fingerprint density at radius 1 is 1.31 bits per heavy atom. The average Bonchev–Trinajstić information content (AvgIpc) is 2.20. The van der Waals surface area contributed by atoms with Gasteiger partial charge in [0.1, 0.15) is 24.9 Å². The second-order valence-corrected chi connectivity index (χ2v) is 2.96. The minimum Gasteiger partial charge on any atom is -0.490 e. The van der Waals surface area contributed by atoms with E-state index in [9.17, 15) is 0 Å². The third kappa shape index (κ3) is 1.64. The summed E-state index contributed by atoms with van der Waals surface area (Å²) in [7, 11) is 0. The lowest BCUT2D eigenvalue weighted by Crippen LogP contribution is -2.11. The third-order valence-electron chi connectivity index (χ3n) is 2.08. The lowest BCUT2D eigenvalue weighted by Gasteiger charge is -2.18. The molecule has 3 nitrogen and oxygen atoms in total. The molecule has 0 amide bonds. The van der Waals surface area contributed by atoms with Gasteiger partial charge in [-0.2, -0.15) is 0 Å². The molecule has 1 heterocycles. The summed E-state index contributed by atoms with van der Waals surface area (Å²) in [6.45, 7) is 0.446. The molecule has 0 bridgehead atoms. The number of hydrogen-bond acceptors (Lipinski definition) is 3. The van der Waals surface area contributed by atoms with Crippen LogP contribution in [-0.2, 0) is 9.47 Å². The van der Waals surface area contributed by atoms with Crippen molar-refractivity contribution in [1.82, 2.24) is 0 Å². The second kappa shape index (κ2) is 3.47. The van der Waals surface area contributed by atoms with E-state index in [4.69, 9.17) is 14.9 Å². The minimum atomic E-state index is 0.446. The van der Waals surface area contributed by atoms with Crippen molar-refractivity contribution in [3.8, 4) is 0 Å². The van der Waals surface area contributed by atoms with Crippen molar-refractivity contribution in [3.63, 3.8) is 0 Å². The van der Waals surface area contributed by atoms with Crippen molar-refractivity contribution in [1.29, 1.82) is 5.41 Å². The summed E-state index contributed by atoms with van der Waals surface area (Å²) in [5.41, 5.74) is 1.51. The van der Waals surface area contributed by atoms with Crippen molar-refractivity contribution in [3.05, 3.63) is 36.0 Å². The Labute approximate surface area is 76.9 Å². The largest absolute Gasteiger partial charge is 0.490 e. The van der Waals surface area contributed by atoms with Gasteiger partial charge >= 0.3 is 0 Å². The first-order chi connectivity index (χ1) is 6.38. The van der Waals surface area contributed by atoms with Gasteiger partial charge < -0.3 is 14.9 Å². The molecule has 0 fully saturated rings. The molecule has 1 aliphatic carbocycles. The number of allylic oxidation sites excluding steroid dienone is 3. The Balaban J connectivity index is 2.26. The van der Waals surface area contributed by atoms with Crippen LogP contribution >= 0.6 is 0 Å². The SMILES string of the molecule is N=C1C=CCCC1=C1COC=CO1. The summed E-state index contributed by atoms with van der Waals surface area (Å²) >= 11 is 0. The highest BCUT2D eigenvalue weighted by atomic mass is 16.6. The molecule has 68 valence electrons. The van der Waals surface area contributed by atoms with Gasteiger partial charge in [-0.15, -0.1) is 0 Å². The lowest BCUT2D eigenvalue weighted by atomic mass is 9.98. The summed E-state index contributed by atoms with van der Waals surface area (Å²) in [6.07, 6.45) is 8.71. The van der Waals surface area contributed by atoms with Crippen molar-refractivity contribution in [2.75, 3.05) is 6.61 Å². The summed E-state index contributed by atoms with van der Waals surface area (Å²) in [6, 6.07) is 0. The predicted molar refractivity (Wildman–Crippen MR) is 49.3 cm³/mol. The molecular weight excluding hydrogens is 166 g/mol. The Bertz CT molecular complexity index is 313. The van der Waals surface area contributed by atoms with Crippen molar-refractivity contribution in [2.45, 2.75) is 12.8 Å².